The highest BCUT2D eigenvalue weighted by atomic mass is 19.2. The lowest BCUT2D eigenvalue weighted by atomic mass is 10.1. The van der Waals surface area contributed by atoms with Crippen LogP contribution in [0, 0.1) is 29.1 Å². The minimum Gasteiger partial charge on any atom is -0.387 e. The van der Waals surface area contributed by atoms with Gasteiger partial charge in [-0.1, -0.05) is 6.07 Å². The van der Waals surface area contributed by atoms with Crippen LogP contribution in [0.1, 0.15) is 11.7 Å². The van der Waals surface area contributed by atoms with Crippen LogP contribution in [0.25, 0.3) is 0 Å². The van der Waals surface area contributed by atoms with Gasteiger partial charge in [0.05, 0.1) is 11.8 Å². The number of halogens is 5. The number of nitrogens with one attached hydrogen (secondary N) is 1. The lowest BCUT2D eigenvalue weighted by Crippen LogP contribution is -2.14. The maximum absolute atomic E-state index is 13.4. The summed E-state index contributed by atoms with van der Waals surface area (Å²) in [4.78, 5) is 0. The van der Waals surface area contributed by atoms with E-state index in [1.807, 2.05) is 0 Å². The van der Waals surface area contributed by atoms with E-state index in [2.05, 4.69) is 5.32 Å². The molecule has 0 aliphatic carbocycles. The van der Waals surface area contributed by atoms with Crippen molar-refractivity contribution in [2.75, 3.05) is 11.9 Å². The molecule has 0 aliphatic heterocycles. The van der Waals surface area contributed by atoms with Crippen LogP contribution in [0.2, 0.25) is 0 Å². The SMILES string of the molecule is OC(CNc1ccc(F)c(F)c1F)c1ccc(F)c(F)c1. The average Bonchev–Trinajstić information content (AvgIpc) is 2.46. The quantitative estimate of drug-likeness (QED) is 0.669. The van der Waals surface area contributed by atoms with Crippen molar-refractivity contribution < 1.29 is 27.1 Å². The molecule has 0 amide bonds. The van der Waals surface area contributed by atoms with E-state index in [1.165, 1.54) is 0 Å². The molecule has 2 N–H and O–H groups in total. The molecule has 0 fully saturated rings. The molecule has 1 unspecified atom stereocenters. The molecule has 2 nitrogen and oxygen atoms in total. The van der Waals surface area contributed by atoms with E-state index in [1.54, 1.807) is 0 Å². The Bertz CT molecular complexity index is 662. The van der Waals surface area contributed by atoms with Crippen LogP contribution in [0.5, 0.6) is 0 Å². The number of aliphatic hydroxyl groups is 1. The molecule has 112 valence electrons. The van der Waals surface area contributed by atoms with Crippen molar-refractivity contribution >= 4 is 5.69 Å². The van der Waals surface area contributed by atoms with Crippen LogP contribution in [-0.4, -0.2) is 11.7 Å². The first-order chi connectivity index (χ1) is 9.90. The van der Waals surface area contributed by atoms with Gasteiger partial charge < -0.3 is 10.4 Å². The van der Waals surface area contributed by atoms with Gasteiger partial charge in [0.25, 0.3) is 0 Å². The van der Waals surface area contributed by atoms with E-state index in [9.17, 15) is 27.1 Å². The first-order valence-corrected chi connectivity index (χ1v) is 5.90. The zero-order valence-corrected chi connectivity index (χ0v) is 10.5. The highest BCUT2D eigenvalue weighted by Gasteiger charge is 2.15. The van der Waals surface area contributed by atoms with Crippen molar-refractivity contribution in [1.82, 2.24) is 0 Å². The fraction of sp³-hybridized carbons (Fsp3) is 0.143. The second-order valence-corrected chi connectivity index (χ2v) is 4.29. The van der Waals surface area contributed by atoms with Crippen molar-refractivity contribution in [3.8, 4) is 0 Å². The van der Waals surface area contributed by atoms with Gasteiger partial charge in [0.2, 0.25) is 0 Å². The van der Waals surface area contributed by atoms with Crippen LogP contribution >= 0.6 is 0 Å². The summed E-state index contributed by atoms with van der Waals surface area (Å²) in [5.41, 5.74) is -0.292. The van der Waals surface area contributed by atoms with Gasteiger partial charge in [0, 0.05) is 6.54 Å². The summed E-state index contributed by atoms with van der Waals surface area (Å²) < 4.78 is 64.8. The molecule has 2 rings (SSSR count). The largest absolute Gasteiger partial charge is 0.387 e. The Balaban J connectivity index is 2.09. The summed E-state index contributed by atoms with van der Waals surface area (Å²) in [7, 11) is 0. The molecule has 1 atom stereocenters. The standard InChI is InChI=1S/C14H10F5NO/c15-8-2-1-7(5-10(8)17)12(21)6-20-11-4-3-9(16)13(18)14(11)19/h1-5,12,20-21H,6H2. The van der Waals surface area contributed by atoms with Gasteiger partial charge in [-0.3, -0.25) is 0 Å². The Labute approximate surface area is 116 Å². The molecule has 0 saturated carbocycles. The first-order valence-electron chi connectivity index (χ1n) is 5.90. The first kappa shape index (κ1) is 15.2. The van der Waals surface area contributed by atoms with Gasteiger partial charge in [-0.15, -0.1) is 0 Å². The minimum atomic E-state index is -1.64. The third-order valence-electron chi connectivity index (χ3n) is 2.85. The van der Waals surface area contributed by atoms with Crippen molar-refractivity contribution in [2.45, 2.75) is 6.10 Å². The molecule has 0 aliphatic rings. The number of hydrogen-bond donors (Lipinski definition) is 2. The summed E-state index contributed by atoms with van der Waals surface area (Å²) >= 11 is 0. The van der Waals surface area contributed by atoms with E-state index >= 15 is 0 Å². The van der Waals surface area contributed by atoms with Crippen LogP contribution in [0.3, 0.4) is 0 Å². The monoisotopic (exact) mass is 303 g/mol. The van der Waals surface area contributed by atoms with E-state index < -0.39 is 35.2 Å². The molecule has 7 heteroatoms. The predicted molar refractivity (Wildman–Crippen MR) is 66.1 cm³/mol. The molecule has 0 radical (unpaired) electrons. The third kappa shape index (κ3) is 3.30. The van der Waals surface area contributed by atoms with Crippen LogP contribution in [0.15, 0.2) is 30.3 Å². The Morgan fingerprint density at radius 1 is 0.857 bits per heavy atom. The lowest BCUT2D eigenvalue weighted by Gasteiger charge is -2.14. The van der Waals surface area contributed by atoms with Gasteiger partial charge in [-0.05, 0) is 29.8 Å². The van der Waals surface area contributed by atoms with Gasteiger partial charge in [-0.2, -0.15) is 0 Å². The van der Waals surface area contributed by atoms with E-state index in [0.29, 0.717) is 0 Å². The molecule has 21 heavy (non-hydrogen) atoms. The number of rotatable bonds is 4. The zero-order chi connectivity index (χ0) is 15.6. The highest BCUT2D eigenvalue weighted by molar-refractivity contribution is 5.45. The normalized spacial score (nSPS) is 12.3. The van der Waals surface area contributed by atoms with Gasteiger partial charge in [-0.25, -0.2) is 22.0 Å². The molecular formula is C14H10F5NO. The Morgan fingerprint density at radius 2 is 1.52 bits per heavy atom. The smallest absolute Gasteiger partial charge is 0.196 e. The fourth-order valence-corrected chi connectivity index (χ4v) is 1.71. The van der Waals surface area contributed by atoms with Crippen LogP contribution < -0.4 is 5.32 Å². The van der Waals surface area contributed by atoms with Gasteiger partial charge in [0.15, 0.2) is 29.1 Å². The Morgan fingerprint density at radius 3 is 2.19 bits per heavy atom. The molecular weight excluding hydrogens is 293 g/mol. The molecule has 2 aromatic rings. The van der Waals surface area contributed by atoms with Gasteiger partial charge >= 0.3 is 0 Å². The summed E-state index contributed by atoms with van der Waals surface area (Å²) in [5.74, 6) is -6.59. The molecule has 2 aromatic carbocycles. The molecule has 0 spiro atoms. The second-order valence-electron chi connectivity index (χ2n) is 4.29. The topological polar surface area (TPSA) is 32.3 Å². The Kier molecular flexibility index (Phi) is 4.42. The van der Waals surface area contributed by atoms with Crippen molar-refractivity contribution in [3.05, 3.63) is 65.0 Å². The summed E-state index contributed by atoms with van der Waals surface area (Å²) in [6.07, 6.45) is -1.28. The number of hydrogen-bond acceptors (Lipinski definition) is 2. The summed E-state index contributed by atoms with van der Waals surface area (Å²) in [5, 5.41) is 12.1. The lowest BCUT2D eigenvalue weighted by molar-refractivity contribution is 0.191. The zero-order valence-electron chi connectivity index (χ0n) is 10.5. The van der Waals surface area contributed by atoms with E-state index in [4.69, 9.17) is 0 Å². The fourth-order valence-electron chi connectivity index (χ4n) is 1.71. The molecule has 0 saturated heterocycles. The van der Waals surface area contributed by atoms with Gasteiger partial charge in [0.1, 0.15) is 0 Å². The van der Waals surface area contributed by atoms with Crippen molar-refractivity contribution in [1.29, 1.82) is 0 Å². The van der Waals surface area contributed by atoms with Crippen LogP contribution in [0.4, 0.5) is 27.6 Å². The number of aliphatic hydroxyl groups excluding tert-OH is 1. The molecule has 0 aromatic heterocycles. The number of benzene rings is 2. The maximum atomic E-state index is 13.4. The average molecular weight is 303 g/mol. The van der Waals surface area contributed by atoms with Crippen molar-refractivity contribution in [2.24, 2.45) is 0 Å². The van der Waals surface area contributed by atoms with E-state index in [-0.39, 0.29) is 17.8 Å². The summed E-state index contributed by atoms with van der Waals surface area (Å²) in [6.45, 7) is -0.299. The molecule has 0 bridgehead atoms. The minimum absolute atomic E-state index is 0.0596. The molecule has 0 heterocycles. The van der Waals surface area contributed by atoms with Crippen LogP contribution in [-0.2, 0) is 0 Å². The number of anilines is 1. The summed E-state index contributed by atoms with van der Waals surface area (Å²) in [6, 6.07) is 4.48. The van der Waals surface area contributed by atoms with Crippen molar-refractivity contribution in [3.63, 3.8) is 0 Å². The predicted octanol–water partition coefficient (Wildman–Crippen LogP) is 3.53. The second kappa shape index (κ2) is 6.09. The maximum Gasteiger partial charge on any atom is 0.196 e. The Hall–Kier alpha value is -2.15. The third-order valence-corrected chi connectivity index (χ3v) is 2.85. The highest BCUT2D eigenvalue weighted by Crippen LogP contribution is 2.21. The van der Waals surface area contributed by atoms with E-state index in [0.717, 1.165) is 30.3 Å².